The SMILES string of the molecule is CN=C(NCc1cccnc1-n1ccnc1)NC(C)c1ccc(C)c(F)c1.I. The molecule has 0 fully saturated rings. The number of aliphatic imine (C=N–C) groups is 1. The zero-order valence-electron chi connectivity index (χ0n) is 16.1. The van der Waals surface area contributed by atoms with Gasteiger partial charge in [0.15, 0.2) is 5.96 Å². The van der Waals surface area contributed by atoms with Crippen LogP contribution in [0, 0.1) is 12.7 Å². The Bertz CT molecular complexity index is 926. The number of benzene rings is 1. The summed E-state index contributed by atoms with van der Waals surface area (Å²) in [5.41, 5.74) is 2.51. The molecule has 6 nitrogen and oxygen atoms in total. The van der Waals surface area contributed by atoms with Crippen LogP contribution in [0.4, 0.5) is 4.39 Å². The smallest absolute Gasteiger partial charge is 0.191 e. The maximum Gasteiger partial charge on any atom is 0.191 e. The van der Waals surface area contributed by atoms with Gasteiger partial charge in [-0.1, -0.05) is 18.2 Å². The number of rotatable bonds is 5. The number of halogens is 2. The van der Waals surface area contributed by atoms with Crippen molar-refractivity contribution in [3.63, 3.8) is 0 Å². The van der Waals surface area contributed by atoms with E-state index in [1.165, 1.54) is 0 Å². The van der Waals surface area contributed by atoms with E-state index in [1.807, 2.05) is 35.9 Å². The van der Waals surface area contributed by atoms with Gasteiger partial charge in [-0.3, -0.25) is 9.56 Å². The molecule has 3 rings (SSSR count). The van der Waals surface area contributed by atoms with Crippen molar-refractivity contribution in [2.45, 2.75) is 26.4 Å². The molecule has 148 valence electrons. The molecule has 28 heavy (non-hydrogen) atoms. The summed E-state index contributed by atoms with van der Waals surface area (Å²) in [6.45, 7) is 4.26. The lowest BCUT2D eigenvalue weighted by molar-refractivity contribution is 0.607. The molecule has 0 aliphatic rings. The standard InChI is InChI=1S/C20H23FN6.HI/c1-14-6-7-16(11-18(14)21)15(2)26-20(22-3)25-12-17-5-4-8-24-19(17)27-10-9-23-13-27;/h4-11,13,15H,12H2,1-3H3,(H2,22,25,26);1H. The first-order valence-electron chi connectivity index (χ1n) is 8.74. The van der Waals surface area contributed by atoms with Crippen LogP contribution < -0.4 is 10.6 Å². The van der Waals surface area contributed by atoms with Crippen molar-refractivity contribution < 1.29 is 4.39 Å². The van der Waals surface area contributed by atoms with Gasteiger partial charge in [-0.2, -0.15) is 0 Å². The number of aryl methyl sites for hydroxylation is 1. The van der Waals surface area contributed by atoms with Gasteiger partial charge in [0.2, 0.25) is 0 Å². The number of aromatic nitrogens is 3. The zero-order chi connectivity index (χ0) is 19.2. The molecule has 1 aromatic carbocycles. The minimum Gasteiger partial charge on any atom is -0.352 e. The van der Waals surface area contributed by atoms with E-state index in [4.69, 9.17) is 0 Å². The normalized spacial score (nSPS) is 12.2. The van der Waals surface area contributed by atoms with Crippen LogP contribution in [0.2, 0.25) is 0 Å². The average Bonchev–Trinajstić information content (AvgIpc) is 3.22. The van der Waals surface area contributed by atoms with Gasteiger partial charge < -0.3 is 10.6 Å². The van der Waals surface area contributed by atoms with Gasteiger partial charge in [-0.25, -0.2) is 14.4 Å². The molecular weight excluding hydrogens is 470 g/mol. The van der Waals surface area contributed by atoms with E-state index in [9.17, 15) is 4.39 Å². The monoisotopic (exact) mass is 494 g/mol. The Labute approximate surface area is 181 Å². The highest BCUT2D eigenvalue weighted by atomic mass is 127. The second-order valence-electron chi connectivity index (χ2n) is 6.26. The van der Waals surface area contributed by atoms with Gasteiger partial charge in [-0.05, 0) is 37.1 Å². The maximum absolute atomic E-state index is 13.8. The molecule has 3 aromatic rings. The number of pyridine rings is 1. The van der Waals surface area contributed by atoms with Gasteiger partial charge in [0.05, 0.1) is 6.04 Å². The summed E-state index contributed by atoms with van der Waals surface area (Å²) >= 11 is 0. The Balaban J connectivity index is 0.00000280. The van der Waals surface area contributed by atoms with Crippen molar-refractivity contribution in [2.75, 3.05) is 7.05 Å². The molecule has 1 atom stereocenters. The van der Waals surface area contributed by atoms with E-state index in [0.29, 0.717) is 18.1 Å². The van der Waals surface area contributed by atoms with Crippen molar-refractivity contribution in [1.82, 2.24) is 25.2 Å². The third-order valence-corrected chi connectivity index (χ3v) is 4.34. The highest BCUT2D eigenvalue weighted by Gasteiger charge is 2.11. The number of hydrogen-bond donors (Lipinski definition) is 2. The summed E-state index contributed by atoms with van der Waals surface area (Å²) in [5, 5.41) is 6.57. The summed E-state index contributed by atoms with van der Waals surface area (Å²) in [4.78, 5) is 12.8. The molecular formula is C20H24FIN6. The average molecular weight is 494 g/mol. The minimum atomic E-state index is -0.204. The molecule has 0 aliphatic heterocycles. The number of guanidine groups is 1. The van der Waals surface area contributed by atoms with Crippen LogP contribution in [-0.4, -0.2) is 27.5 Å². The minimum absolute atomic E-state index is 0. The van der Waals surface area contributed by atoms with Crippen LogP contribution in [0.1, 0.15) is 29.7 Å². The van der Waals surface area contributed by atoms with Crippen LogP contribution in [0.25, 0.3) is 5.82 Å². The zero-order valence-corrected chi connectivity index (χ0v) is 18.4. The van der Waals surface area contributed by atoms with Gasteiger partial charge in [0.25, 0.3) is 0 Å². The van der Waals surface area contributed by atoms with Crippen molar-refractivity contribution in [3.8, 4) is 5.82 Å². The largest absolute Gasteiger partial charge is 0.352 e. The number of nitrogens with zero attached hydrogens (tertiary/aromatic N) is 4. The molecule has 1 unspecified atom stereocenters. The molecule has 8 heteroatoms. The fourth-order valence-electron chi connectivity index (χ4n) is 2.73. The van der Waals surface area contributed by atoms with Gasteiger partial charge in [0, 0.05) is 37.7 Å². The predicted octanol–water partition coefficient (Wildman–Crippen LogP) is 3.76. The first-order chi connectivity index (χ1) is 13.1. The van der Waals surface area contributed by atoms with Crippen LogP contribution in [0.5, 0.6) is 0 Å². The Morgan fingerprint density at radius 2 is 2.11 bits per heavy atom. The van der Waals surface area contributed by atoms with Crippen molar-refractivity contribution in [2.24, 2.45) is 4.99 Å². The second-order valence-corrected chi connectivity index (χ2v) is 6.26. The van der Waals surface area contributed by atoms with Crippen LogP contribution >= 0.6 is 24.0 Å². The van der Waals surface area contributed by atoms with E-state index < -0.39 is 0 Å². The van der Waals surface area contributed by atoms with E-state index in [0.717, 1.165) is 16.9 Å². The molecule has 0 aliphatic carbocycles. The van der Waals surface area contributed by atoms with Gasteiger partial charge in [0.1, 0.15) is 18.0 Å². The third-order valence-electron chi connectivity index (χ3n) is 4.34. The predicted molar refractivity (Wildman–Crippen MR) is 120 cm³/mol. The van der Waals surface area contributed by atoms with Crippen molar-refractivity contribution in [3.05, 3.63) is 77.8 Å². The Kier molecular flexibility index (Phi) is 7.91. The third kappa shape index (κ3) is 5.28. The summed E-state index contributed by atoms with van der Waals surface area (Å²) in [5.74, 6) is 1.24. The second kappa shape index (κ2) is 10.2. The molecule has 2 N–H and O–H groups in total. The Morgan fingerprint density at radius 3 is 2.79 bits per heavy atom. The number of hydrogen-bond acceptors (Lipinski definition) is 3. The van der Waals surface area contributed by atoms with Crippen molar-refractivity contribution in [1.29, 1.82) is 0 Å². The molecule has 0 amide bonds. The molecule has 0 saturated heterocycles. The lowest BCUT2D eigenvalue weighted by Crippen LogP contribution is -2.38. The van der Waals surface area contributed by atoms with E-state index in [-0.39, 0.29) is 35.8 Å². The fraction of sp³-hybridized carbons (Fsp3) is 0.250. The van der Waals surface area contributed by atoms with E-state index in [2.05, 4.69) is 25.6 Å². The summed E-state index contributed by atoms with van der Waals surface area (Å²) in [6.07, 6.45) is 7.04. The quantitative estimate of drug-likeness (QED) is 0.322. The molecule has 0 saturated carbocycles. The van der Waals surface area contributed by atoms with Crippen molar-refractivity contribution >= 4 is 29.9 Å². The van der Waals surface area contributed by atoms with E-state index in [1.54, 1.807) is 44.8 Å². The summed E-state index contributed by atoms with van der Waals surface area (Å²) in [6, 6.07) is 9.06. The highest BCUT2D eigenvalue weighted by molar-refractivity contribution is 14.0. The fourth-order valence-corrected chi connectivity index (χ4v) is 2.73. The molecule has 0 bridgehead atoms. The lowest BCUT2D eigenvalue weighted by Gasteiger charge is -2.19. The molecule has 2 heterocycles. The maximum atomic E-state index is 13.8. The topological polar surface area (TPSA) is 67.1 Å². The van der Waals surface area contributed by atoms with Gasteiger partial charge in [-0.15, -0.1) is 24.0 Å². The lowest BCUT2D eigenvalue weighted by atomic mass is 10.1. The molecule has 0 spiro atoms. The first kappa shape index (κ1) is 21.8. The Hall–Kier alpha value is -2.49. The summed E-state index contributed by atoms with van der Waals surface area (Å²) in [7, 11) is 1.71. The van der Waals surface area contributed by atoms with Crippen LogP contribution in [0.15, 0.2) is 60.2 Å². The molecule has 0 radical (unpaired) electrons. The summed E-state index contributed by atoms with van der Waals surface area (Å²) < 4.78 is 15.7. The first-order valence-corrected chi connectivity index (χ1v) is 8.74. The Morgan fingerprint density at radius 1 is 1.29 bits per heavy atom. The van der Waals surface area contributed by atoms with E-state index >= 15 is 0 Å². The number of nitrogens with one attached hydrogen (secondary N) is 2. The number of imidazole rings is 1. The van der Waals surface area contributed by atoms with Gasteiger partial charge >= 0.3 is 0 Å². The van der Waals surface area contributed by atoms with Crippen LogP contribution in [-0.2, 0) is 6.54 Å². The molecule has 2 aromatic heterocycles. The highest BCUT2D eigenvalue weighted by Crippen LogP contribution is 2.16. The van der Waals surface area contributed by atoms with Crippen LogP contribution in [0.3, 0.4) is 0 Å².